The standard InChI is InChI=1S/C26H39N3O3S/c1-32-21-7-9-25-24(16-21)23(10-12-27-25)26(28-31)8-6-19-11-13-29(17-20(19)18-30)14-15-33-22-4-2-3-5-22/h7,9-10,12,16,19-20,22,26,28,30-31H,2-6,8,11,13-15,17-18H2,1H3/t19-,20-,26-/m1/s1. The number of nitrogens with one attached hydrogen (secondary N) is 1. The molecule has 1 saturated carbocycles. The highest BCUT2D eigenvalue weighted by atomic mass is 32.2. The van der Waals surface area contributed by atoms with E-state index >= 15 is 0 Å². The summed E-state index contributed by atoms with van der Waals surface area (Å²) >= 11 is 2.15. The maximum absolute atomic E-state index is 10.1. The van der Waals surface area contributed by atoms with Crippen molar-refractivity contribution in [1.29, 1.82) is 0 Å². The van der Waals surface area contributed by atoms with Crippen molar-refractivity contribution < 1.29 is 15.1 Å². The van der Waals surface area contributed by atoms with E-state index in [1.807, 2.05) is 24.3 Å². The monoisotopic (exact) mass is 473 g/mol. The van der Waals surface area contributed by atoms with Gasteiger partial charge in [0.2, 0.25) is 0 Å². The molecular formula is C26H39N3O3S. The molecule has 33 heavy (non-hydrogen) atoms. The fourth-order valence-electron chi connectivity index (χ4n) is 5.60. The summed E-state index contributed by atoms with van der Waals surface area (Å²) in [7, 11) is 1.66. The minimum absolute atomic E-state index is 0.178. The first-order valence-corrected chi connectivity index (χ1v) is 13.5. The van der Waals surface area contributed by atoms with Gasteiger partial charge in [0.15, 0.2) is 0 Å². The van der Waals surface area contributed by atoms with Crippen molar-refractivity contribution >= 4 is 22.7 Å². The van der Waals surface area contributed by atoms with Crippen LogP contribution in [0.25, 0.3) is 10.9 Å². The average molecular weight is 474 g/mol. The molecule has 1 saturated heterocycles. The quantitative estimate of drug-likeness (QED) is 0.410. The lowest BCUT2D eigenvalue weighted by atomic mass is 9.81. The minimum Gasteiger partial charge on any atom is -0.497 e. The van der Waals surface area contributed by atoms with Crippen LogP contribution in [-0.2, 0) is 0 Å². The topological polar surface area (TPSA) is 77.9 Å². The number of piperidine rings is 1. The summed E-state index contributed by atoms with van der Waals surface area (Å²) in [6, 6.07) is 7.65. The molecule has 1 aliphatic heterocycles. The summed E-state index contributed by atoms with van der Waals surface area (Å²) in [6.07, 6.45) is 10.3. The van der Waals surface area contributed by atoms with E-state index in [0.29, 0.717) is 11.8 Å². The molecular weight excluding hydrogens is 434 g/mol. The molecule has 1 aromatic carbocycles. The average Bonchev–Trinajstić information content (AvgIpc) is 3.38. The number of methoxy groups -OCH3 is 1. The predicted molar refractivity (Wildman–Crippen MR) is 135 cm³/mol. The van der Waals surface area contributed by atoms with Crippen molar-refractivity contribution in [3.8, 4) is 5.75 Å². The van der Waals surface area contributed by atoms with Gasteiger partial charge in [-0.2, -0.15) is 17.2 Å². The zero-order chi connectivity index (χ0) is 23.0. The van der Waals surface area contributed by atoms with Crippen LogP contribution >= 0.6 is 11.8 Å². The van der Waals surface area contributed by atoms with Crippen LogP contribution in [-0.4, -0.2) is 64.6 Å². The molecule has 0 bridgehead atoms. The number of hydrogen-bond donors (Lipinski definition) is 3. The Labute approximate surface area is 202 Å². The normalized spacial score (nSPS) is 23.2. The molecule has 2 fully saturated rings. The number of nitrogens with zero attached hydrogens (tertiary/aromatic N) is 2. The second-order valence-corrected chi connectivity index (χ2v) is 11.0. The lowest BCUT2D eigenvalue weighted by Crippen LogP contribution is -2.43. The molecule has 1 aromatic heterocycles. The van der Waals surface area contributed by atoms with E-state index in [1.165, 1.54) is 31.4 Å². The number of likely N-dealkylation sites (tertiary alicyclic amines) is 1. The molecule has 2 aliphatic rings. The van der Waals surface area contributed by atoms with Gasteiger partial charge in [0.25, 0.3) is 0 Å². The Kier molecular flexibility index (Phi) is 9.26. The van der Waals surface area contributed by atoms with Crippen molar-refractivity contribution in [3.63, 3.8) is 0 Å². The number of fused-ring (bicyclic) bond motifs is 1. The summed E-state index contributed by atoms with van der Waals surface area (Å²) in [5.41, 5.74) is 4.46. The van der Waals surface area contributed by atoms with Gasteiger partial charge in [0.1, 0.15) is 5.75 Å². The highest BCUT2D eigenvalue weighted by Crippen LogP contribution is 2.34. The largest absolute Gasteiger partial charge is 0.497 e. The minimum atomic E-state index is -0.178. The van der Waals surface area contributed by atoms with E-state index < -0.39 is 0 Å². The molecule has 182 valence electrons. The molecule has 0 unspecified atom stereocenters. The Bertz CT molecular complexity index is 877. The molecule has 1 aliphatic carbocycles. The third-order valence-electron chi connectivity index (χ3n) is 7.61. The van der Waals surface area contributed by atoms with Gasteiger partial charge in [-0.25, -0.2) is 0 Å². The van der Waals surface area contributed by atoms with Gasteiger partial charge in [-0.05, 0) is 80.3 Å². The van der Waals surface area contributed by atoms with Crippen LogP contribution in [0.15, 0.2) is 30.5 Å². The number of aromatic nitrogens is 1. The van der Waals surface area contributed by atoms with Crippen LogP contribution in [0, 0.1) is 11.8 Å². The van der Waals surface area contributed by atoms with Gasteiger partial charge in [0, 0.05) is 42.3 Å². The second kappa shape index (κ2) is 12.4. The summed E-state index contributed by atoms with van der Waals surface area (Å²) in [5.74, 6) is 2.78. The summed E-state index contributed by atoms with van der Waals surface area (Å²) in [5, 5.41) is 22.0. The van der Waals surface area contributed by atoms with E-state index in [4.69, 9.17) is 4.74 Å². The van der Waals surface area contributed by atoms with Crippen molar-refractivity contribution in [3.05, 3.63) is 36.0 Å². The van der Waals surface area contributed by atoms with E-state index in [2.05, 4.69) is 27.1 Å². The zero-order valence-corrected chi connectivity index (χ0v) is 20.6. The summed E-state index contributed by atoms with van der Waals surface area (Å²) < 4.78 is 5.40. The number of pyridine rings is 1. The van der Waals surface area contributed by atoms with Crippen LogP contribution in [0.2, 0.25) is 0 Å². The van der Waals surface area contributed by atoms with Crippen molar-refractivity contribution in [2.45, 2.75) is 56.2 Å². The molecule has 4 rings (SSSR count). The third kappa shape index (κ3) is 6.40. The lowest BCUT2D eigenvalue weighted by Gasteiger charge is -2.38. The molecule has 2 heterocycles. The van der Waals surface area contributed by atoms with E-state index in [0.717, 1.165) is 66.4 Å². The SMILES string of the molecule is COc1ccc2nccc([C@@H](CC[C@@H]3CCN(CCSC4CCCC4)C[C@@H]3CO)NO)c2c1. The van der Waals surface area contributed by atoms with Gasteiger partial charge in [-0.3, -0.25) is 4.98 Å². The number of aliphatic hydroxyl groups excluding tert-OH is 1. The fraction of sp³-hybridized carbons (Fsp3) is 0.654. The van der Waals surface area contributed by atoms with Crippen LogP contribution in [0.3, 0.4) is 0 Å². The van der Waals surface area contributed by atoms with E-state index in [-0.39, 0.29) is 12.6 Å². The molecule has 7 heteroatoms. The maximum Gasteiger partial charge on any atom is 0.119 e. The third-order valence-corrected chi connectivity index (χ3v) is 8.97. The van der Waals surface area contributed by atoms with Gasteiger partial charge >= 0.3 is 0 Å². The Morgan fingerprint density at radius 2 is 2.06 bits per heavy atom. The van der Waals surface area contributed by atoms with Gasteiger partial charge in [-0.1, -0.05) is 12.8 Å². The lowest BCUT2D eigenvalue weighted by molar-refractivity contribution is 0.0626. The summed E-state index contributed by atoms with van der Waals surface area (Å²) in [6.45, 7) is 3.47. The molecule has 0 spiro atoms. The van der Waals surface area contributed by atoms with Gasteiger partial charge < -0.3 is 20.0 Å². The molecule has 0 amide bonds. The second-order valence-electron chi connectivity index (χ2n) is 9.61. The Hall–Kier alpha value is -1.38. The maximum atomic E-state index is 10.1. The van der Waals surface area contributed by atoms with Crippen molar-refractivity contribution in [2.24, 2.45) is 11.8 Å². The highest BCUT2D eigenvalue weighted by molar-refractivity contribution is 7.99. The number of hydrogen-bond acceptors (Lipinski definition) is 7. The zero-order valence-electron chi connectivity index (χ0n) is 19.8. The predicted octanol–water partition coefficient (Wildman–Crippen LogP) is 4.65. The molecule has 2 aromatic rings. The van der Waals surface area contributed by atoms with Crippen LogP contribution in [0.4, 0.5) is 0 Å². The van der Waals surface area contributed by atoms with Gasteiger partial charge in [-0.15, -0.1) is 0 Å². The smallest absolute Gasteiger partial charge is 0.119 e. The fourth-order valence-corrected chi connectivity index (χ4v) is 6.96. The van der Waals surface area contributed by atoms with Crippen molar-refractivity contribution in [1.82, 2.24) is 15.4 Å². The van der Waals surface area contributed by atoms with Crippen molar-refractivity contribution in [2.75, 3.05) is 39.1 Å². The Morgan fingerprint density at radius 1 is 1.21 bits per heavy atom. The van der Waals surface area contributed by atoms with Crippen LogP contribution in [0.1, 0.15) is 56.6 Å². The van der Waals surface area contributed by atoms with Crippen LogP contribution in [0.5, 0.6) is 5.75 Å². The number of rotatable bonds is 11. The number of ether oxygens (including phenoxy) is 1. The first-order valence-electron chi connectivity index (χ1n) is 12.5. The highest BCUT2D eigenvalue weighted by Gasteiger charge is 2.29. The molecule has 3 N–H and O–H groups in total. The first-order chi connectivity index (χ1) is 16.2. The Morgan fingerprint density at radius 3 is 2.82 bits per heavy atom. The number of aliphatic hydroxyl groups is 1. The summed E-state index contributed by atoms with van der Waals surface area (Å²) in [4.78, 5) is 7.01. The Balaban J connectivity index is 1.32. The number of benzene rings is 1. The van der Waals surface area contributed by atoms with E-state index in [1.54, 1.807) is 13.3 Å². The molecule has 3 atom stereocenters. The number of hydroxylamine groups is 1. The first kappa shape index (κ1) is 24.7. The number of thioether (sulfide) groups is 1. The van der Waals surface area contributed by atoms with E-state index in [9.17, 15) is 10.3 Å². The van der Waals surface area contributed by atoms with Crippen LogP contribution < -0.4 is 10.2 Å². The molecule has 0 radical (unpaired) electrons. The molecule has 6 nitrogen and oxygen atoms in total. The van der Waals surface area contributed by atoms with Gasteiger partial charge in [0.05, 0.1) is 18.7 Å².